The molecule has 12 heavy (non-hydrogen) atoms. The van der Waals surface area contributed by atoms with Gasteiger partial charge in [-0.2, -0.15) is 0 Å². The summed E-state index contributed by atoms with van der Waals surface area (Å²) in [6.45, 7) is 0. The van der Waals surface area contributed by atoms with Gasteiger partial charge in [-0.05, 0) is 12.1 Å². The third-order valence-electron chi connectivity index (χ3n) is 1.34. The van der Waals surface area contributed by atoms with Crippen LogP contribution in [-0.4, -0.2) is 12.2 Å². The van der Waals surface area contributed by atoms with Gasteiger partial charge in [0.05, 0.1) is 5.56 Å². The van der Waals surface area contributed by atoms with E-state index in [-0.39, 0.29) is 0 Å². The molecule has 0 fully saturated rings. The molecule has 0 aliphatic carbocycles. The van der Waals surface area contributed by atoms with Crippen LogP contribution in [0, 0.1) is 5.82 Å². The number of ketones is 1. The Hall–Kier alpha value is -1.32. The molecule has 0 aliphatic rings. The van der Waals surface area contributed by atoms with Gasteiger partial charge in [0.15, 0.2) is 0 Å². The van der Waals surface area contributed by atoms with Crippen LogP contribution in [0.5, 0.6) is 0 Å². The monoisotopic (exact) mass is 174 g/mol. The molecule has 64 valence electrons. The maximum Gasteiger partial charge on any atom is 0.300 e. The quantitative estimate of drug-likeness (QED) is 0.628. The van der Waals surface area contributed by atoms with Gasteiger partial charge in [0, 0.05) is 0 Å². The predicted molar refractivity (Wildman–Crippen MR) is 36.7 cm³/mol. The standard InChI is InChI=1S/C8H5F3O/c9-6-4-2-1-3-5(6)7(12)8(10)11/h1-4,8H. The minimum atomic E-state index is -3.15. The first-order valence-corrected chi connectivity index (χ1v) is 3.20. The van der Waals surface area contributed by atoms with Gasteiger partial charge in [-0.1, -0.05) is 12.1 Å². The van der Waals surface area contributed by atoms with E-state index in [4.69, 9.17) is 0 Å². The van der Waals surface area contributed by atoms with Gasteiger partial charge in [-0.3, -0.25) is 4.79 Å². The van der Waals surface area contributed by atoms with Crippen LogP contribution < -0.4 is 0 Å². The van der Waals surface area contributed by atoms with E-state index >= 15 is 0 Å². The zero-order valence-corrected chi connectivity index (χ0v) is 5.93. The van der Waals surface area contributed by atoms with Crippen molar-refractivity contribution in [1.29, 1.82) is 0 Å². The lowest BCUT2D eigenvalue weighted by Gasteiger charge is -1.99. The first-order valence-electron chi connectivity index (χ1n) is 3.20. The zero-order chi connectivity index (χ0) is 9.14. The van der Waals surface area contributed by atoms with Crippen molar-refractivity contribution >= 4 is 5.78 Å². The maximum atomic E-state index is 12.6. The van der Waals surface area contributed by atoms with Gasteiger partial charge >= 0.3 is 6.43 Å². The fourth-order valence-corrected chi connectivity index (χ4v) is 0.779. The summed E-state index contributed by atoms with van der Waals surface area (Å²) in [6, 6.07) is 4.66. The molecule has 4 heteroatoms. The van der Waals surface area contributed by atoms with Gasteiger partial charge in [0.1, 0.15) is 5.82 Å². The normalized spacial score (nSPS) is 10.3. The molecule has 1 aromatic rings. The fraction of sp³-hybridized carbons (Fsp3) is 0.125. The van der Waals surface area contributed by atoms with Crippen molar-refractivity contribution in [1.82, 2.24) is 0 Å². The van der Waals surface area contributed by atoms with Crippen LogP contribution in [0.15, 0.2) is 24.3 Å². The van der Waals surface area contributed by atoms with Crippen molar-refractivity contribution in [2.75, 3.05) is 0 Å². The second-order valence-corrected chi connectivity index (χ2v) is 2.14. The summed E-state index contributed by atoms with van der Waals surface area (Å²) < 4.78 is 36.2. The topological polar surface area (TPSA) is 17.1 Å². The van der Waals surface area contributed by atoms with Crippen molar-refractivity contribution in [2.24, 2.45) is 0 Å². The van der Waals surface area contributed by atoms with E-state index in [1.54, 1.807) is 0 Å². The summed E-state index contributed by atoms with van der Waals surface area (Å²) >= 11 is 0. The lowest BCUT2D eigenvalue weighted by Crippen LogP contribution is -2.11. The van der Waals surface area contributed by atoms with Gasteiger partial charge in [-0.15, -0.1) is 0 Å². The maximum absolute atomic E-state index is 12.6. The Balaban J connectivity index is 3.03. The molecule has 0 saturated heterocycles. The second kappa shape index (κ2) is 3.38. The molecule has 0 aliphatic heterocycles. The number of carbonyl (C=O) groups excluding carboxylic acids is 1. The minimum absolute atomic E-state index is 0.562. The van der Waals surface area contributed by atoms with Crippen LogP contribution in [0.4, 0.5) is 13.2 Å². The summed E-state index contributed by atoms with van der Waals surface area (Å²) in [7, 11) is 0. The van der Waals surface area contributed by atoms with Crippen molar-refractivity contribution < 1.29 is 18.0 Å². The molecule has 0 aromatic heterocycles. The Morgan fingerprint density at radius 2 is 1.83 bits per heavy atom. The third-order valence-corrected chi connectivity index (χ3v) is 1.34. The zero-order valence-electron chi connectivity index (χ0n) is 5.93. The molecule has 0 spiro atoms. The van der Waals surface area contributed by atoms with Crippen molar-refractivity contribution in [3.8, 4) is 0 Å². The third kappa shape index (κ3) is 1.64. The van der Waals surface area contributed by atoms with E-state index in [0.717, 1.165) is 12.1 Å². The average molecular weight is 174 g/mol. The summed E-state index contributed by atoms with van der Waals surface area (Å²) in [4.78, 5) is 10.6. The Morgan fingerprint density at radius 1 is 1.25 bits per heavy atom. The number of carbonyl (C=O) groups is 1. The van der Waals surface area contributed by atoms with Gasteiger partial charge in [0.2, 0.25) is 5.78 Å². The van der Waals surface area contributed by atoms with Gasteiger partial charge in [0.25, 0.3) is 0 Å². The molecule has 0 amide bonds. The number of halogens is 3. The smallest absolute Gasteiger partial charge is 0.288 e. The van der Waals surface area contributed by atoms with E-state index in [9.17, 15) is 18.0 Å². The van der Waals surface area contributed by atoms with Crippen LogP contribution in [0.25, 0.3) is 0 Å². The molecule has 1 aromatic carbocycles. The van der Waals surface area contributed by atoms with Gasteiger partial charge in [-0.25, -0.2) is 13.2 Å². The summed E-state index contributed by atoms with van der Waals surface area (Å²) in [5, 5.41) is 0. The molecular weight excluding hydrogens is 169 g/mol. The number of hydrogen-bond donors (Lipinski definition) is 0. The Kier molecular flexibility index (Phi) is 2.47. The molecule has 0 N–H and O–H groups in total. The predicted octanol–water partition coefficient (Wildman–Crippen LogP) is 2.27. The van der Waals surface area contributed by atoms with Crippen LogP contribution >= 0.6 is 0 Å². The molecule has 1 nitrogen and oxygen atoms in total. The Bertz CT molecular complexity index is 296. The van der Waals surface area contributed by atoms with Crippen LogP contribution in [-0.2, 0) is 0 Å². The van der Waals surface area contributed by atoms with E-state index < -0.39 is 23.6 Å². The lowest BCUT2D eigenvalue weighted by atomic mass is 10.1. The highest BCUT2D eigenvalue weighted by Gasteiger charge is 2.20. The molecule has 0 saturated carbocycles. The first kappa shape index (κ1) is 8.77. The number of benzene rings is 1. The highest BCUT2D eigenvalue weighted by molar-refractivity contribution is 5.98. The Labute approximate surface area is 66.8 Å². The molecule has 0 unspecified atom stereocenters. The average Bonchev–Trinajstić information content (AvgIpc) is 2.04. The van der Waals surface area contributed by atoms with Crippen molar-refractivity contribution in [2.45, 2.75) is 6.43 Å². The van der Waals surface area contributed by atoms with Crippen molar-refractivity contribution in [3.63, 3.8) is 0 Å². The molecule has 0 heterocycles. The van der Waals surface area contributed by atoms with Crippen LogP contribution in [0.1, 0.15) is 10.4 Å². The summed E-state index contributed by atoms with van der Waals surface area (Å²) in [5.74, 6) is -2.39. The van der Waals surface area contributed by atoms with E-state index in [0.29, 0.717) is 0 Å². The Morgan fingerprint density at radius 3 is 2.33 bits per heavy atom. The largest absolute Gasteiger partial charge is 0.300 e. The number of hydrogen-bond acceptors (Lipinski definition) is 1. The molecule has 1 rings (SSSR count). The van der Waals surface area contributed by atoms with E-state index in [2.05, 4.69) is 0 Å². The SMILES string of the molecule is O=C(c1ccccc1F)C(F)F. The number of rotatable bonds is 2. The second-order valence-electron chi connectivity index (χ2n) is 2.14. The lowest BCUT2D eigenvalue weighted by molar-refractivity contribution is 0.0674. The van der Waals surface area contributed by atoms with Crippen LogP contribution in [0.2, 0.25) is 0 Å². The number of alkyl halides is 2. The fourth-order valence-electron chi connectivity index (χ4n) is 0.779. The molecule has 0 radical (unpaired) electrons. The number of Topliss-reactive ketones (excluding diaryl/α,β-unsaturated/α-hetero) is 1. The van der Waals surface area contributed by atoms with E-state index in [1.807, 2.05) is 0 Å². The van der Waals surface area contributed by atoms with Gasteiger partial charge < -0.3 is 0 Å². The summed E-state index contributed by atoms with van der Waals surface area (Å²) in [5.41, 5.74) is -0.562. The first-order chi connectivity index (χ1) is 5.63. The highest BCUT2D eigenvalue weighted by Crippen LogP contribution is 2.11. The summed E-state index contributed by atoms with van der Waals surface area (Å²) in [6.07, 6.45) is -3.15. The molecule has 0 atom stereocenters. The van der Waals surface area contributed by atoms with Crippen LogP contribution in [0.3, 0.4) is 0 Å². The minimum Gasteiger partial charge on any atom is -0.288 e. The van der Waals surface area contributed by atoms with E-state index in [1.165, 1.54) is 12.1 Å². The highest BCUT2D eigenvalue weighted by atomic mass is 19.3. The molecular formula is C8H5F3O. The van der Waals surface area contributed by atoms with Crippen molar-refractivity contribution in [3.05, 3.63) is 35.6 Å². The molecule has 0 bridgehead atoms.